The molecule has 0 radical (unpaired) electrons. The molecule has 0 fully saturated rings. The summed E-state index contributed by atoms with van der Waals surface area (Å²) in [5.74, 6) is -46.3. The lowest BCUT2D eigenvalue weighted by Crippen LogP contribution is -2.73. The number of hydrogen-bond acceptors (Lipinski definition) is 2. The van der Waals surface area contributed by atoms with Gasteiger partial charge in [0, 0.05) is 8.54 Å². The molecule has 2 N–H and O–H groups in total. The van der Waals surface area contributed by atoms with Crippen LogP contribution in [0.4, 0.5) is 65.9 Å². The predicted octanol–water partition coefficient (Wildman–Crippen LogP) is 7.17. The van der Waals surface area contributed by atoms with E-state index in [1.807, 2.05) is 0 Å². The fraction of sp³-hybridized carbons (Fsp3) is 1.00. The summed E-state index contributed by atoms with van der Waals surface area (Å²) in [6.07, 6.45) is -0.997. The van der Waals surface area contributed by atoms with Gasteiger partial charge in [-0.3, -0.25) is 0 Å². The van der Waals surface area contributed by atoms with Gasteiger partial charge in [0.2, 0.25) is 0 Å². The number of methoxy groups -OCH3 is 1. The molecule has 2 nitrogen and oxygen atoms in total. The number of ether oxygens (including phenoxy) is 1. The molecule has 0 unspecified atom stereocenters. The average Bonchev–Trinajstić information content (AvgIpc) is 2.64. The van der Waals surface area contributed by atoms with E-state index >= 15 is 0 Å². The zero-order chi connectivity index (χ0) is 27.2. The minimum Gasteiger partial charge on any atom is -0.378 e. The first-order valence-corrected chi connectivity index (χ1v) is 9.00. The Morgan fingerprint density at radius 3 is 1.27 bits per heavy atom. The van der Waals surface area contributed by atoms with Crippen molar-refractivity contribution in [1.29, 1.82) is 0 Å². The highest BCUT2D eigenvalue weighted by molar-refractivity contribution is 5.12. The second kappa shape index (κ2) is 11.5. The van der Waals surface area contributed by atoms with Crippen LogP contribution in [0.2, 0.25) is 0 Å². The third-order valence-electron chi connectivity index (χ3n) is 4.03. The molecular formula is C16H24F15NO. The molecule has 17 heteroatoms. The maximum absolute atomic E-state index is 13.0. The smallest absolute Gasteiger partial charge is 0.378 e. The monoisotopic (exact) mass is 532 g/mol. The normalized spacial score (nSPS) is 14.7. The topological polar surface area (TPSA) is 35.2 Å². The summed E-state index contributed by atoms with van der Waals surface area (Å²) >= 11 is 0. The first kappa shape index (κ1) is 34.0. The highest BCUT2D eigenvalue weighted by atomic mass is 19.4. The van der Waals surface area contributed by atoms with Crippen LogP contribution in [0.15, 0.2) is 0 Å². The van der Waals surface area contributed by atoms with Crippen LogP contribution in [0.5, 0.6) is 0 Å². The fourth-order valence-electron chi connectivity index (χ4n) is 2.02. The lowest BCUT2D eigenvalue weighted by atomic mass is 9.91. The largest absolute Gasteiger partial charge is 0.460 e. The standard InChI is InChI=1S/C9H5F15O.C7H17N.H2/c1-25-2-3(10,11)4(12,13)5(14,15)6(16,17)7(18,19)8(20,21)9(22,23)24;1-2-3-4-5-6-7-8;/h2H2,1H3;2-8H2,1H3;1H/i;;1+1. The lowest BCUT2D eigenvalue weighted by molar-refractivity contribution is -0.453. The molecule has 0 saturated carbocycles. The Kier molecular flexibility index (Phi) is 11.9. The Bertz CT molecular complexity index is 575. The van der Waals surface area contributed by atoms with E-state index in [-0.39, 0.29) is 8.54 Å². The molecule has 33 heavy (non-hydrogen) atoms. The molecule has 0 aliphatic rings. The maximum atomic E-state index is 13.0. The van der Waals surface area contributed by atoms with E-state index in [1.165, 1.54) is 32.1 Å². The molecule has 0 aromatic carbocycles. The summed E-state index contributed by atoms with van der Waals surface area (Å²) in [6, 6.07) is 0. The zero-order valence-electron chi connectivity index (χ0n) is 17.1. The summed E-state index contributed by atoms with van der Waals surface area (Å²) in [6.45, 7) is 0.319. The molecule has 0 amide bonds. The first-order chi connectivity index (χ1) is 14.5. The van der Waals surface area contributed by atoms with Gasteiger partial charge in [-0.2, -0.15) is 65.9 Å². The predicted molar refractivity (Wildman–Crippen MR) is 87.5 cm³/mol. The van der Waals surface area contributed by atoms with E-state index in [4.69, 9.17) is 5.73 Å². The van der Waals surface area contributed by atoms with Gasteiger partial charge in [0.15, 0.2) is 0 Å². The minimum absolute atomic E-state index is 0. The Balaban J connectivity index is -0.000000910. The number of hydrogen-bond donors (Lipinski definition) is 1. The van der Waals surface area contributed by atoms with E-state index in [0.29, 0.717) is 0 Å². The SMILES string of the molecule is CCCCCCCN.COCC(F)(F)C(F)(F)C(F)(F)C(F)(F)C(F)(F)C(F)(F)C(F)(F)F.[2HH]. The molecule has 0 atom stereocenters. The van der Waals surface area contributed by atoms with Gasteiger partial charge < -0.3 is 10.5 Å². The zero-order valence-corrected chi connectivity index (χ0v) is 17.1. The maximum Gasteiger partial charge on any atom is 0.460 e. The van der Waals surface area contributed by atoms with E-state index in [1.54, 1.807) is 0 Å². The number of rotatable bonds is 12. The van der Waals surface area contributed by atoms with E-state index in [2.05, 4.69) is 11.7 Å². The van der Waals surface area contributed by atoms with Gasteiger partial charge in [-0.05, 0) is 13.0 Å². The highest BCUT2D eigenvalue weighted by Gasteiger charge is 2.93. The molecule has 0 bridgehead atoms. The van der Waals surface area contributed by atoms with Gasteiger partial charge in [-0.15, -0.1) is 0 Å². The summed E-state index contributed by atoms with van der Waals surface area (Å²) in [7, 11) is 0.159. The van der Waals surface area contributed by atoms with Crippen molar-refractivity contribution in [2.75, 3.05) is 20.3 Å². The third kappa shape index (κ3) is 6.72. The van der Waals surface area contributed by atoms with Crippen LogP contribution < -0.4 is 5.73 Å². The first-order valence-electron chi connectivity index (χ1n) is 9.00. The van der Waals surface area contributed by atoms with E-state index in [9.17, 15) is 65.9 Å². The number of nitrogens with two attached hydrogens (primary N) is 1. The quantitative estimate of drug-likeness (QED) is 0.214. The van der Waals surface area contributed by atoms with Crippen molar-refractivity contribution in [2.45, 2.75) is 80.7 Å². The van der Waals surface area contributed by atoms with Crippen molar-refractivity contribution >= 4 is 0 Å². The molecule has 0 rings (SSSR count). The Labute approximate surface area is 180 Å². The second-order valence-corrected chi connectivity index (χ2v) is 6.71. The summed E-state index contributed by atoms with van der Waals surface area (Å²) in [5.41, 5.74) is 5.31. The third-order valence-corrected chi connectivity index (χ3v) is 4.03. The van der Waals surface area contributed by atoms with Gasteiger partial charge in [-0.1, -0.05) is 32.6 Å². The van der Waals surface area contributed by atoms with Crippen molar-refractivity contribution in [3.05, 3.63) is 0 Å². The lowest BCUT2D eigenvalue weighted by Gasteiger charge is -2.41. The Morgan fingerprint density at radius 1 is 0.576 bits per heavy atom. The van der Waals surface area contributed by atoms with Crippen molar-refractivity contribution in [3.63, 3.8) is 0 Å². The van der Waals surface area contributed by atoms with Crippen LogP contribution in [0.25, 0.3) is 0 Å². The molecule has 204 valence electrons. The molecule has 0 spiro atoms. The van der Waals surface area contributed by atoms with E-state index < -0.39 is 48.3 Å². The molecule has 0 heterocycles. The number of unbranched alkanes of at least 4 members (excludes halogenated alkanes) is 4. The van der Waals surface area contributed by atoms with Gasteiger partial charge in [0.1, 0.15) is 6.61 Å². The van der Waals surface area contributed by atoms with Crippen LogP contribution in [0, 0.1) is 0 Å². The minimum atomic E-state index is -8.25. The molecule has 0 aromatic heterocycles. The van der Waals surface area contributed by atoms with Gasteiger partial charge in [0.25, 0.3) is 0 Å². The van der Waals surface area contributed by atoms with Gasteiger partial charge in [0.05, 0.1) is 0 Å². The molecule has 0 aliphatic carbocycles. The Hall–Kier alpha value is -1.13. The average molecular weight is 532 g/mol. The van der Waals surface area contributed by atoms with E-state index in [0.717, 1.165) is 6.54 Å². The number of halogens is 15. The van der Waals surface area contributed by atoms with Gasteiger partial charge in [-0.25, -0.2) is 0 Å². The van der Waals surface area contributed by atoms with Crippen LogP contribution >= 0.6 is 0 Å². The highest BCUT2D eigenvalue weighted by Crippen LogP contribution is 2.62. The van der Waals surface area contributed by atoms with Crippen molar-refractivity contribution in [1.82, 2.24) is 0 Å². The van der Waals surface area contributed by atoms with Crippen molar-refractivity contribution < 1.29 is 72.0 Å². The second-order valence-electron chi connectivity index (χ2n) is 6.71. The number of alkyl halides is 15. The molecule has 0 saturated heterocycles. The molecule has 0 aromatic rings. The molecular weight excluding hydrogens is 507 g/mol. The van der Waals surface area contributed by atoms with Crippen LogP contribution in [0.3, 0.4) is 0 Å². The van der Waals surface area contributed by atoms with Crippen molar-refractivity contribution in [3.8, 4) is 0 Å². The molecule has 0 aliphatic heterocycles. The van der Waals surface area contributed by atoms with Crippen LogP contribution in [0.1, 0.15) is 40.5 Å². The summed E-state index contributed by atoms with van der Waals surface area (Å²) < 4.78 is 192. The van der Waals surface area contributed by atoms with Crippen LogP contribution in [-0.2, 0) is 4.74 Å². The fourth-order valence-corrected chi connectivity index (χ4v) is 2.02. The van der Waals surface area contributed by atoms with Crippen LogP contribution in [-0.4, -0.2) is 62.0 Å². The van der Waals surface area contributed by atoms with Crippen molar-refractivity contribution in [2.24, 2.45) is 5.73 Å². The summed E-state index contributed by atoms with van der Waals surface area (Å²) in [5, 5.41) is 0. The Morgan fingerprint density at radius 2 is 0.939 bits per heavy atom. The van der Waals surface area contributed by atoms with Gasteiger partial charge >= 0.3 is 41.7 Å². The summed E-state index contributed by atoms with van der Waals surface area (Å²) in [4.78, 5) is 0.